The molecule has 3 aromatic rings. The first-order valence-electron chi connectivity index (χ1n) is 10.5. The second kappa shape index (κ2) is 9.23. The first kappa shape index (κ1) is 20.9. The topological polar surface area (TPSA) is 55.4 Å². The van der Waals surface area contributed by atoms with Crippen molar-refractivity contribution in [2.75, 3.05) is 13.1 Å². The molecule has 0 bridgehead atoms. The normalized spacial score (nSPS) is 17.5. The predicted octanol–water partition coefficient (Wildman–Crippen LogP) is 4.82. The van der Waals surface area contributed by atoms with Crippen molar-refractivity contribution < 1.29 is 8.76 Å². The Kier molecular flexibility index (Phi) is 6.44. The number of likely N-dealkylation sites (tertiary alicyclic amines) is 1. The van der Waals surface area contributed by atoms with Crippen LogP contribution < -0.4 is 4.72 Å². The third-order valence-corrected chi connectivity index (χ3v) is 7.18. The molecule has 156 valence electrons. The number of nitrogens with one attached hydrogen (secondary N) is 1. The largest absolute Gasteiger partial charge is 0.593 e. The van der Waals surface area contributed by atoms with Crippen molar-refractivity contribution in [3.05, 3.63) is 90.0 Å². The number of benzene rings is 3. The van der Waals surface area contributed by atoms with E-state index in [1.54, 1.807) is 24.3 Å². The summed E-state index contributed by atoms with van der Waals surface area (Å²) in [5.74, 6) is 0. The molecule has 0 amide bonds. The first-order valence-corrected chi connectivity index (χ1v) is 11.9. The smallest absolute Gasteiger partial charge is 0.175 e. The van der Waals surface area contributed by atoms with Crippen molar-refractivity contribution in [1.82, 2.24) is 9.62 Å². The highest BCUT2D eigenvalue weighted by molar-refractivity contribution is 7.95. The molecule has 4 nitrogen and oxygen atoms in total. The Hall–Kier alpha value is -2.31. The van der Waals surface area contributed by atoms with E-state index < -0.39 is 10.4 Å². The summed E-state index contributed by atoms with van der Waals surface area (Å²) in [7, 11) is -3.44. The van der Waals surface area contributed by atoms with Crippen LogP contribution in [-0.4, -0.2) is 28.6 Å². The first-order chi connectivity index (χ1) is 14.5. The summed E-state index contributed by atoms with van der Waals surface area (Å²) in [6.45, 7) is 4.77. The second-order valence-corrected chi connectivity index (χ2v) is 9.77. The van der Waals surface area contributed by atoms with Gasteiger partial charge in [0.25, 0.3) is 0 Å². The van der Waals surface area contributed by atoms with Crippen molar-refractivity contribution in [3.8, 4) is 11.1 Å². The third kappa shape index (κ3) is 5.24. The Labute approximate surface area is 180 Å². The molecule has 5 heteroatoms. The number of hydrogen-bond donors (Lipinski definition) is 1. The highest BCUT2D eigenvalue weighted by atomic mass is 32.3. The monoisotopic (exact) mass is 420 g/mol. The van der Waals surface area contributed by atoms with Crippen LogP contribution in [0, 0.1) is 6.92 Å². The lowest BCUT2D eigenvalue weighted by atomic mass is 10.0. The van der Waals surface area contributed by atoms with Gasteiger partial charge in [0.2, 0.25) is 0 Å². The van der Waals surface area contributed by atoms with Crippen LogP contribution in [0.25, 0.3) is 11.1 Å². The van der Waals surface area contributed by atoms with Gasteiger partial charge in [-0.25, -0.2) is 0 Å². The molecule has 1 heterocycles. The second-order valence-electron chi connectivity index (χ2n) is 8.05. The molecule has 3 aromatic carbocycles. The third-order valence-electron chi connectivity index (χ3n) is 5.65. The average Bonchev–Trinajstić information content (AvgIpc) is 2.76. The zero-order valence-corrected chi connectivity index (χ0v) is 18.1. The summed E-state index contributed by atoms with van der Waals surface area (Å²) < 4.78 is 28.0. The highest BCUT2D eigenvalue weighted by Gasteiger charge is 2.28. The molecule has 4 rings (SSSR count). The fourth-order valence-electron chi connectivity index (χ4n) is 4.03. The molecule has 1 fully saturated rings. The summed E-state index contributed by atoms with van der Waals surface area (Å²) in [4.78, 5) is 2.74. The van der Waals surface area contributed by atoms with Crippen LogP contribution in [0.1, 0.15) is 24.0 Å². The van der Waals surface area contributed by atoms with Gasteiger partial charge in [-0.2, -0.15) is 0 Å². The summed E-state index contributed by atoms with van der Waals surface area (Å²) >= 11 is 0. The molecular formula is C25H28N2O2S. The van der Waals surface area contributed by atoms with Crippen LogP contribution in [0.5, 0.6) is 0 Å². The van der Waals surface area contributed by atoms with Gasteiger partial charge in [-0.3, -0.25) is 4.90 Å². The number of aryl methyl sites for hydroxylation is 1. The number of rotatable bonds is 6. The minimum absolute atomic E-state index is 0.00918. The standard InChI is InChI=1S/C25H28N2O2S/c1-20-7-5-9-22(17-20)23-10-6-8-21(18-23)19-27-15-13-24(14-16-27)26-30(28,29)25-11-3-2-4-12-25/h2-12,17-18,24H,13-16,19H2,1H3,(H-,26,28,29). The molecule has 0 aliphatic carbocycles. The molecule has 1 saturated heterocycles. The van der Waals surface area contributed by atoms with Crippen LogP contribution in [-0.2, 0) is 21.2 Å². The molecule has 1 aliphatic heterocycles. The fourth-order valence-corrected chi connectivity index (χ4v) is 5.35. The van der Waals surface area contributed by atoms with Gasteiger partial charge in [0.1, 0.15) is 0 Å². The Morgan fingerprint density at radius 2 is 1.60 bits per heavy atom. The maximum atomic E-state index is 12.5. The van der Waals surface area contributed by atoms with Crippen LogP contribution in [0.3, 0.4) is 0 Å². The summed E-state index contributed by atoms with van der Waals surface area (Å²) in [5.41, 5.74) is 5.03. The van der Waals surface area contributed by atoms with E-state index >= 15 is 0 Å². The van der Waals surface area contributed by atoms with Gasteiger partial charge in [-0.15, -0.1) is 4.72 Å². The molecule has 1 aliphatic rings. The van der Waals surface area contributed by atoms with Gasteiger partial charge >= 0.3 is 0 Å². The van der Waals surface area contributed by atoms with Gasteiger partial charge in [0.05, 0.1) is 6.04 Å². The lowest BCUT2D eigenvalue weighted by Gasteiger charge is -2.32. The molecule has 0 saturated carbocycles. The minimum atomic E-state index is -3.44. The molecule has 1 atom stereocenters. The fraction of sp³-hybridized carbons (Fsp3) is 0.280. The molecular weight excluding hydrogens is 392 g/mol. The van der Waals surface area contributed by atoms with E-state index in [0.717, 1.165) is 32.5 Å². The van der Waals surface area contributed by atoms with E-state index in [1.807, 2.05) is 6.07 Å². The summed E-state index contributed by atoms with van der Waals surface area (Å²) in [6, 6.07) is 25.9. The van der Waals surface area contributed by atoms with Gasteiger partial charge < -0.3 is 4.55 Å². The van der Waals surface area contributed by atoms with Crippen molar-refractivity contribution in [2.45, 2.75) is 37.2 Å². The molecule has 1 N–H and O–H groups in total. The molecule has 30 heavy (non-hydrogen) atoms. The summed E-state index contributed by atoms with van der Waals surface area (Å²) in [5, 5.41) is 0. The SMILES string of the molecule is Cc1cccc(-c2cccc(CN3CCC(N[S+](=O)([O-])c4ccccc4)CC3)c2)c1. The highest BCUT2D eigenvalue weighted by Crippen LogP contribution is 2.23. The Morgan fingerprint density at radius 3 is 2.30 bits per heavy atom. The van der Waals surface area contributed by atoms with Crippen LogP contribution >= 0.6 is 0 Å². The van der Waals surface area contributed by atoms with Crippen LogP contribution in [0.4, 0.5) is 0 Å². The Bertz CT molecular complexity index is 1030. The Morgan fingerprint density at radius 1 is 0.933 bits per heavy atom. The molecule has 0 aromatic heterocycles. The van der Waals surface area contributed by atoms with Crippen molar-refractivity contribution >= 4 is 10.4 Å². The van der Waals surface area contributed by atoms with Gasteiger partial charge in [0.15, 0.2) is 15.3 Å². The van der Waals surface area contributed by atoms with Crippen molar-refractivity contribution in [2.24, 2.45) is 0 Å². The predicted molar refractivity (Wildman–Crippen MR) is 122 cm³/mol. The van der Waals surface area contributed by atoms with E-state index in [-0.39, 0.29) is 6.04 Å². The van der Waals surface area contributed by atoms with Crippen LogP contribution in [0.2, 0.25) is 0 Å². The number of nitrogens with zero attached hydrogens (tertiary/aromatic N) is 1. The number of hydrogen-bond acceptors (Lipinski definition) is 3. The molecule has 0 spiro atoms. The van der Waals surface area contributed by atoms with E-state index in [4.69, 9.17) is 0 Å². The van der Waals surface area contributed by atoms with Gasteiger partial charge in [-0.1, -0.05) is 70.4 Å². The van der Waals surface area contributed by atoms with E-state index in [1.165, 1.54) is 22.3 Å². The zero-order chi connectivity index (χ0) is 21.0. The van der Waals surface area contributed by atoms with E-state index in [9.17, 15) is 8.76 Å². The van der Waals surface area contributed by atoms with Crippen molar-refractivity contribution in [3.63, 3.8) is 0 Å². The quantitative estimate of drug-likeness (QED) is 0.582. The van der Waals surface area contributed by atoms with Gasteiger partial charge in [-0.05, 0) is 54.7 Å². The van der Waals surface area contributed by atoms with Crippen molar-refractivity contribution in [1.29, 1.82) is 0 Å². The molecule has 0 radical (unpaired) electrons. The zero-order valence-electron chi connectivity index (χ0n) is 17.3. The van der Waals surface area contributed by atoms with E-state index in [0.29, 0.717) is 4.90 Å². The van der Waals surface area contributed by atoms with Gasteiger partial charge in [0, 0.05) is 19.6 Å². The average molecular weight is 421 g/mol. The minimum Gasteiger partial charge on any atom is -0.593 e. The molecule has 1 unspecified atom stereocenters. The number of piperidine rings is 1. The lowest BCUT2D eigenvalue weighted by molar-refractivity contribution is 0.198. The maximum Gasteiger partial charge on any atom is 0.175 e. The number of sulfonamides is 1. The lowest BCUT2D eigenvalue weighted by Crippen LogP contribution is -2.46. The summed E-state index contributed by atoms with van der Waals surface area (Å²) in [6.07, 6.45) is 1.65. The Balaban J connectivity index is 1.34. The van der Waals surface area contributed by atoms with Crippen LogP contribution in [0.15, 0.2) is 83.8 Å². The van der Waals surface area contributed by atoms with E-state index in [2.05, 4.69) is 65.1 Å². The maximum absolute atomic E-state index is 12.5.